The van der Waals surface area contributed by atoms with Crippen molar-refractivity contribution in [3.05, 3.63) is 83.4 Å². The fraction of sp³-hybridized carbons (Fsp3) is 0.259. The van der Waals surface area contributed by atoms with Crippen LogP contribution in [0.15, 0.2) is 66.7 Å². The van der Waals surface area contributed by atoms with Crippen molar-refractivity contribution in [1.82, 2.24) is 0 Å². The summed E-state index contributed by atoms with van der Waals surface area (Å²) in [6.07, 6.45) is 0. The van der Waals surface area contributed by atoms with Gasteiger partial charge in [-0.2, -0.15) is 0 Å². The Morgan fingerprint density at radius 2 is 1.64 bits per heavy atom. The third-order valence-corrected chi connectivity index (χ3v) is 5.38. The van der Waals surface area contributed by atoms with E-state index >= 15 is 0 Å². The summed E-state index contributed by atoms with van der Waals surface area (Å²) in [5.41, 5.74) is 3.18. The van der Waals surface area contributed by atoms with Gasteiger partial charge in [0.15, 0.2) is 0 Å². The maximum absolute atomic E-state index is 13.3. The van der Waals surface area contributed by atoms with Gasteiger partial charge in [-0.1, -0.05) is 58.4 Å². The van der Waals surface area contributed by atoms with Crippen LogP contribution in [0.5, 0.6) is 5.75 Å². The first-order valence-electron chi connectivity index (χ1n) is 10.8. The summed E-state index contributed by atoms with van der Waals surface area (Å²) >= 11 is 3.43. The third-order valence-electron chi connectivity index (χ3n) is 4.74. The Morgan fingerprint density at radius 3 is 2.27 bits per heavy atom. The molecule has 6 heteroatoms. The molecule has 3 aromatic rings. The number of rotatable bonds is 7. The number of carbonyl (C=O) groups excluding carboxylic acids is 2. The van der Waals surface area contributed by atoms with Crippen molar-refractivity contribution < 1.29 is 19.1 Å². The molecule has 0 saturated carbocycles. The van der Waals surface area contributed by atoms with E-state index in [2.05, 4.69) is 21.2 Å². The molecule has 0 aromatic heterocycles. The molecule has 0 saturated heterocycles. The first kappa shape index (κ1) is 24.5. The van der Waals surface area contributed by atoms with Gasteiger partial charge in [-0.25, -0.2) is 4.79 Å². The van der Waals surface area contributed by atoms with Gasteiger partial charge in [0.1, 0.15) is 11.4 Å². The first-order valence-corrected chi connectivity index (χ1v) is 11.9. The van der Waals surface area contributed by atoms with E-state index in [1.165, 1.54) is 0 Å². The van der Waals surface area contributed by atoms with Gasteiger partial charge in [-0.15, -0.1) is 0 Å². The number of hydrogen-bond donors (Lipinski definition) is 1. The van der Waals surface area contributed by atoms with Crippen LogP contribution in [0.4, 0.5) is 5.69 Å². The number of nitrogens with one attached hydrogen (secondary N) is 1. The van der Waals surface area contributed by atoms with Crippen molar-refractivity contribution >= 4 is 33.5 Å². The van der Waals surface area contributed by atoms with Crippen molar-refractivity contribution in [2.24, 2.45) is 0 Å². The maximum Gasteiger partial charge on any atom is 0.340 e. The van der Waals surface area contributed by atoms with E-state index in [1.54, 1.807) is 24.3 Å². The number of esters is 1. The van der Waals surface area contributed by atoms with Gasteiger partial charge in [0.2, 0.25) is 0 Å². The Kier molecular flexibility index (Phi) is 7.92. The molecule has 0 heterocycles. The van der Waals surface area contributed by atoms with E-state index < -0.39 is 11.6 Å². The minimum absolute atomic E-state index is 0.285. The summed E-state index contributed by atoms with van der Waals surface area (Å²) in [7, 11) is 0. The van der Waals surface area contributed by atoms with E-state index in [0.29, 0.717) is 28.9 Å². The minimum Gasteiger partial charge on any atom is -0.493 e. The summed E-state index contributed by atoms with van der Waals surface area (Å²) in [6.45, 7) is 7.72. The van der Waals surface area contributed by atoms with E-state index in [4.69, 9.17) is 9.47 Å². The Hall–Kier alpha value is -3.12. The highest BCUT2D eigenvalue weighted by Gasteiger charge is 2.23. The van der Waals surface area contributed by atoms with E-state index in [-0.39, 0.29) is 11.5 Å². The third kappa shape index (κ3) is 6.45. The van der Waals surface area contributed by atoms with Gasteiger partial charge in [0.25, 0.3) is 5.91 Å². The molecule has 33 heavy (non-hydrogen) atoms. The van der Waals surface area contributed by atoms with Gasteiger partial charge in [0, 0.05) is 5.33 Å². The molecule has 5 nitrogen and oxygen atoms in total. The number of amides is 1. The first-order chi connectivity index (χ1) is 15.7. The fourth-order valence-corrected chi connectivity index (χ4v) is 3.63. The van der Waals surface area contributed by atoms with Gasteiger partial charge < -0.3 is 14.8 Å². The van der Waals surface area contributed by atoms with Gasteiger partial charge in [0.05, 0.1) is 23.4 Å². The second kappa shape index (κ2) is 10.7. The molecule has 172 valence electrons. The summed E-state index contributed by atoms with van der Waals surface area (Å²) in [5, 5.41) is 3.52. The summed E-state index contributed by atoms with van der Waals surface area (Å²) in [4.78, 5) is 26.2. The van der Waals surface area contributed by atoms with Crippen LogP contribution in [0, 0.1) is 0 Å². The molecule has 3 rings (SSSR count). The van der Waals surface area contributed by atoms with Crippen LogP contribution < -0.4 is 10.1 Å². The molecule has 0 aliphatic carbocycles. The highest BCUT2D eigenvalue weighted by Crippen LogP contribution is 2.29. The fourth-order valence-electron chi connectivity index (χ4n) is 3.28. The molecule has 3 aromatic carbocycles. The molecular formula is C27H28BrNO4. The summed E-state index contributed by atoms with van der Waals surface area (Å²) in [6, 6.07) is 20.6. The number of anilines is 1. The molecule has 0 unspecified atom stereocenters. The lowest BCUT2D eigenvalue weighted by Gasteiger charge is -2.21. The number of halogens is 1. The molecule has 1 amide bonds. The lowest BCUT2D eigenvalue weighted by Crippen LogP contribution is -2.25. The minimum atomic E-state index is -0.664. The van der Waals surface area contributed by atoms with Crippen molar-refractivity contribution in [1.29, 1.82) is 0 Å². The SMILES string of the molecule is CCOc1ccc(CBr)cc1C(=O)Nc1cc(-c2ccccc2)ccc1C(=O)OC(C)(C)C. The van der Waals surface area contributed by atoms with Crippen molar-refractivity contribution in [3.63, 3.8) is 0 Å². The van der Waals surface area contributed by atoms with Crippen LogP contribution in [0.1, 0.15) is 54.0 Å². The molecule has 0 aliphatic rings. The average Bonchev–Trinajstić information content (AvgIpc) is 2.79. The van der Waals surface area contributed by atoms with Gasteiger partial charge >= 0.3 is 5.97 Å². The molecular weight excluding hydrogens is 482 g/mol. The lowest BCUT2D eigenvalue weighted by molar-refractivity contribution is 0.00708. The highest BCUT2D eigenvalue weighted by atomic mass is 79.9. The zero-order chi connectivity index (χ0) is 24.0. The van der Waals surface area contributed by atoms with E-state index in [0.717, 1.165) is 16.7 Å². The topological polar surface area (TPSA) is 64.6 Å². The smallest absolute Gasteiger partial charge is 0.340 e. The highest BCUT2D eigenvalue weighted by molar-refractivity contribution is 9.08. The molecule has 0 aliphatic heterocycles. The van der Waals surface area contributed by atoms with Crippen LogP contribution in [0.3, 0.4) is 0 Å². The van der Waals surface area contributed by atoms with Gasteiger partial charge in [-0.3, -0.25) is 4.79 Å². The average molecular weight is 510 g/mol. The maximum atomic E-state index is 13.3. The van der Waals surface area contributed by atoms with Crippen molar-refractivity contribution in [2.45, 2.75) is 38.6 Å². The van der Waals surface area contributed by atoms with Crippen LogP contribution in [0.2, 0.25) is 0 Å². The van der Waals surface area contributed by atoms with E-state index in [9.17, 15) is 9.59 Å². The zero-order valence-corrected chi connectivity index (χ0v) is 20.9. The molecule has 0 fully saturated rings. The van der Waals surface area contributed by atoms with Crippen LogP contribution >= 0.6 is 15.9 Å². The Labute approximate surface area is 203 Å². The largest absolute Gasteiger partial charge is 0.493 e. The number of hydrogen-bond acceptors (Lipinski definition) is 4. The lowest BCUT2D eigenvalue weighted by atomic mass is 10.0. The summed E-state index contributed by atoms with van der Waals surface area (Å²) in [5.74, 6) is -0.384. The van der Waals surface area contributed by atoms with Crippen LogP contribution in [-0.2, 0) is 10.1 Å². The second-order valence-corrected chi connectivity index (χ2v) is 9.04. The number of carbonyl (C=O) groups is 2. The second-order valence-electron chi connectivity index (χ2n) is 8.48. The predicted molar refractivity (Wildman–Crippen MR) is 135 cm³/mol. The van der Waals surface area contributed by atoms with Gasteiger partial charge in [-0.05, 0) is 68.7 Å². The standard InChI is InChI=1S/C27H28BrNO4/c1-5-32-24-14-11-18(17-28)15-22(24)25(30)29-23-16-20(19-9-7-6-8-10-19)12-13-21(23)26(31)33-27(2,3)4/h6-16H,5,17H2,1-4H3,(H,29,30). The number of alkyl halides is 1. The Balaban J connectivity index is 2.04. The molecule has 0 bridgehead atoms. The molecule has 1 N–H and O–H groups in total. The molecule has 0 atom stereocenters. The molecule has 0 spiro atoms. The quantitative estimate of drug-likeness (QED) is 0.279. The van der Waals surface area contributed by atoms with Crippen LogP contribution in [-0.4, -0.2) is 24.1 Å². The Morgan fingerprint density at radius 1 is 0.909 bits per heavy atom. The summed E-state index contributed by atoms with van der Waals surface area (Å²) < 4.78 is 11.2. The number of ether oxygens (including phenoxy) is 2. The zero-order valence-electron chi connectivity index (χ0n) is 19.3. The predicted octanol–water partition coefficient (Wildman–Crippen LogP) is 6.85. The Bertz CT molecular complexity index is 1140. The number of benzene rings is 3. The normalized spacial score (nSPS) is 11.1. The van der Waals surface area contributed by atoms with Crippen molar-refractivity contribution in [2.75, 3.05) is 11.9 Å². The van der Waals surface area contributed by atoms with E-state index in [1.807, 2.05) is 70.2 Å². The van der Waals surface area contributed by atoms with Crippen molar-refractivity contribution in [3.8, 4) is 16.9 Å². The monoisotopic (exact) mass is 509 g/mol. The molecule has 0 radical (unpaired) electrons. The van der Waals surface area contributed by atoms with Crippen LogP contribution in [0.25, 0.3) is 11.1 Å².